The fraction of sp³-hybridized carbons (Fsp3) is 0.0714. The molecule has 4 rings (SSSR count). The van der Waals surface area contributed by atoms with Crippen molar-refractivity contribution in [3.63, 3.8) is 0 Å². The van der Waals surface area contributed by atoms with E-state index in [1.54, 1.807) is 48.5 Å². The van der Waals surface area contributed by atoms with Gasteiger partial charge in [-0.2, -0.15) is 0 Å². The molecule has 0 aliphatic heterocycles. The maximum Gasteiger partial charge on any atom is 0.255 e. The highest BCUT2D eigenvalue weighted by Gasteiger charge is 2.10. The van der Waals surface area contributed by atoms with Gasteiger partial charge in [-0.1, -0.05) is 36.4 Å². The zero-order chi connectivity index (χ0) is 23.2. The molecular weight excluding hydrogens is 412 g/mol. The Morgan fingerprint density at radius 3 is 1.27 bits per heavy atom. The Hall–Kier alpha value is -4.38. The van der Waals surface area contributed by atoms with Crippen LogP contribution >= 0.6 is 0 Å². The lowest BCUT2D eigenvalue weighted by molar-refractivity contribution is 0.101. The second-order valence-electron chi connectivity index (χ2n) is 7.69. The lowest BCUT2D eigenvalue weighted by Gasteiger charge is -2.10. The van der Waals surface area contributed by atoms with Gasteiger partial charge in [0.25, 0.3) is 11.8 Å². The van der Waals surface area contributed by atoms with Crippen LogP contribution in [0.1, 0.15) is 31.8 Å². The fourth-order valence-corrected chi connectivity index (χ4v) is 3.30. The largest absolute Gasteiger partial charge is 0.457 e. The molecule has 0 aliphatic rings. The van der Waals surface area contributed by atoms with Crippen molar-refractivity contribution in [2.45, 2.75) is 13.8 Å². The summed E-state index contributed by atoms with van der Waals surface area (Å²) in [6, 6.07) is 29.1. The van der Waals surface area contributed by atoms with Crippen LogP contribution in [0.4, 0.5) is 11.4 Å². The van der Waals surface area contributed by atoms with Crippen molar-refractivity contribution in [3.8, 4) is 11.5 Å². The number of carbonyl (C=O) groups excluding carboxylic acids is 2. The van der Waals surface area contributed by atoms with Crippen molar-refractivity contribution in [1.29, 1.82) is 0 Å². The first-order chi connectivity index (χ1) is 16.0. The summed E-state index contributed by atoms with van der Waals surface area (Å²) in [7, 11) is 0. The summed E-state index contributed by atoms with van der Waals surface area (Å²) < 4.78 is 5.86. The van der Waals surface area contributed by atoms with E-state index in [9.17, 15) is 9.59 Å². The Balaban J connectivity index is 1.37. The van der Waals surface area contributed by atoms with E-state index in [1.807, 2.05) is 62.4 Å². The van der Waals surface area contributed by atoms with Gasteiger partial charge >= 0.3 is 0 Å². The van der Waals surface area contributed by atoms with Crippen LogP contribution in [0.3, 0.4) is 0 Å². The predicted molar refractivity (Wildman–Crippen MR) is 131 cm³/mol. The Bertz CT molecular complexity index is 1180. The number of anilines is 2. The fourth-order valence-electron chi connectivity index (χ4n) is 3.30. The third kappa shape index (κ3) is 5.46. The number of amides is 2. The second kappa shape index (κ2) is 9.83. The van der Waals surface area contributed by atoms with Gasteiger partial charge in [0.05, 0.1) is 0 Å². The topological polar surface area (TPSA) is 67.4 Å². The van der Waals surface area contributed by atoms with Crippen molar-refractivity contribution >= 4 is 23.2 Å². The van der Waals surface area contributed by atoms with Crippen LogP contribution in [0.25, 0.3) is 0 Å². The second-order valence-corrected chi connectivity index (χ2v) is 7.69. The Morgan fingerprint density at radius 1 is 0.545 bits per heavy atom. The third-order valence-corrected chi connectivity index (χ3v) is 5.26. The molecule has 0 aliphatic carbocycles. The van der Waals surface area contributed by atoms with Gasteiger partial charge in [0, 0.05) is 22.5 Å². The highest BCUT2D eigenvalue weighted by molar-refractivity contribution is 6.05. The highest BCUT2D eigenvalue weighted by Crippen LogP contribution is 2.23. The Kier molecular flexibility index (Phi) is 6.51. The SMILES string of the molecule is Cc1ccccc1NC(=O)c1ccc(Oc2ccc(C(=O)Nc3ccccc3C)cc2)cc1. The van der Waals surface area contributed by atoms with E-state index >= 15 is 0 Å². The molecule has 0 spiro atoms. The smallest absolute Gasteiger partial charge is 0.255 e. The molecule has 0 saturated carbocycles. The molecule has 0 heterocycles. The Morgan fingerprint density at radius 2 is 0.909 bits per heavy atom. The lowest BCUT2D eigenvalue weighted by atomic mass is 10.1. The minimum absolute atomic E-state index is 0.181. The predicted octanol–water partition coefficient (Wildman–Crippen LogP) is 6.60. The van der Waals surface area contributed by atoms with Gasteiger partial charge in [0.2, 0.25) is 0 Å². The monoisotopic (exact) mass is 436 g/mol. The number of nitrogens with one attached hydrogen (secondary N) is 2. The number of hydrogen-bond acceptors (Lipinski definition) is 3. The van der Waals surface area contributed by atoms with E-state index in [4.69, 9.17) is 4.74 Å². The van der Waals surface area contributed by atoms with Gasteiger partial charge in [-0.3, -0.25) is 9.59 Å². The number of ether oxygens (including phenoxy) is 1. The summed E-state index contributed by atoms with van der Waals surface area (Å²) in [6.07, 6.45) is 0. The standard InChI is InChI=1S/C28H24N2O3/c1-19-7-3-5-9-25(19)29-27(31)21-11-15-23(16-12-21)33-24-17-13-22(14-18-24)28(32)30-26-10-6-4-8-20(26)2/h3-18H,1-2H3,(H,29,31)(H,30,32). The molecule has 2 amide bonds. The van der Waals surface area contributed by atoms with Crippen molar-refractivity contribution < 1.29 is 14.3 Å². The van der Waals surface area contributed by atoms with Gasteiger partial charge < -0.3 is 15.4 Å². The molecule has 5 heteroatoms. The molecule has 0 radical (unpaired) electrons. The van der Waals surface area contributed by atoms with Crippen molar-refractivity contribution in [2.24, 2.45) is 0 Å². The van der Waals surface area contributed by atoms with Crippen LogP contribution in [0.5, 0.6) is 11.5 Å². The van der Waals surface area contributed by atoms with Crippen LogP contribution in [-0.4, -0.2) is 11.8 Å². The van der Waals surface area contributed by atoms with Gasteiger partial charge in [0.1, 0.15) is 11.5 Å². The summed E-state index contributed by atoms with van der Waals surface area (Å²) >= 11 is 0. The van der Waals surface area contributed by atoms with Crippen molar-refractivity contribution in [3.05, 3.63) is 119 Å². The molecule has 0 atom stereocenters. The van der Waals surface area contributed by atoms with Gasteiger partial charge in [0.15, 0.2) is 0 Å². The number of benzene rings is 4. The average molecular weight is 437 g/mol. The third-order valence-electron chi connectivity index (χ3n) is 5.26. The average Bonchev–Trinajstić information content (AvgIpc) is 2.83. The summed E-state index contributed by atoms with van der Waals surface area (Å²) in [5.41, 5.74) is 4.65. The molecule has 0 aromatic heterocycles. The normalized spacial score (nSPS) is 10.4. The van der Waals surface area contributed by atoms with Gasteiger partial charge in [-0.05, 0) is 85.6 Å². The number of para-hydroxylation sites is 2. The molecule has 0 unspecified atom stereocenters. The first-order valence-corrected chi connectivity index (χ1v) is 10.6. The number of rotatable bonds is 6. The zero-order valence-corrected chi connectivity index (χ0v) is 18.5. The van der Waals surface area contributed by atoms with Crippen LogP contribution in [0, 0.1) is 13.8 Å². The van der Waals surface area contributed by atoms with Crippen molar-refractivity contribution in [1.82, 2.24) is 0 Å². The number of hydrogen-bond donors (Lipinski definition) is 2. The van der Waals surface area contributed by atoms with Crippen LogP contribution in [0.2, 0.25) is 0 Å². The van der Waals surface area contributed by atoms with E-state index in [0.717, 1.165) is 22.5 Å². The van der Waals surface area contributed by atoms with E-state index < -0.39 is 0 Å². The number of carbonyl (C=O) groups is 2. The van der Waals surface area contributed by atoms with Gasteiger partial charge in [-0.15, -0.1) is 0 Å². The van der Waals surface area contributed by atoms with Crippen LogP contribution in [-0.2, 0) is 0 Å². The molecule has 0 fully saturated rings. The van der Waals surface area contributed by atoms with E-state index in [0.29, 0.717) is 22.6 Å². The minimum atomic E-state index is -0.181. The maximum absolute atomic E-state index is 12.5. The van der Waals surface area contributed by atoms with E-state index in [-0.39, 0.29) is 11.8 Å². The molecule has 4 aromatic rings. The van der Waals surface area contributed by atoms with Crippen LogP contribution < -0.4 is 15.4 Å². The van der Waals surface area contributed by atoms with E-state index in [1.165, 1.54) is 0 Å². The summed E-state index contributed by atoms with van der Waals surface area (Å²) in [4.78, 5) is 25.0. The molecule has 5 nitrogen and oxygen atoms in total. The molecule has 33 heavy (non-hydrogen) atoms. The Labute approximate surface area is 193 Å². The number of aryl methyl sites for hydroxylation is 2. The molecule has 0 bridgehead atoms. The minimum Gasteiger partial charge on any atom is -0.457 e. The highest BCUT2D eigenvalue weighted by atomic mass is 16.5. The zero-order valence-electron chi connectivity index (χ0n) is 18.5. The molecule has 0 saturated heterocycles. The summed E-state index contributed by atoms with van der Waals surface area (Å²) in [5, 5.41) is 5.83. The molecule has 2 N–H and O–H groups in total. The summed E-state index contributed by atoms with van der Waals surface area (Å²) in [5.74, 6) is 0.832. The van der Waals surface area contributed by atoms with E-state index in [2.05, 4.69) is 10.6 Å². The summed E-state index contributed by atoms with van der Waals surface area (Å²) in [6.45, 7) is 3.90. The first-order valence-electron chi connectivity index (χ1n) is 10.6. The molecular formula is C28H24N2O3. The first kappa shape index (κ1) is 21.8. The quantitative estimate of drug-likeness (QED) is 0.358. The maximum atomic E-state index is 12.5. The van der Waals surface area contributed by atoms with Gasteiger partial charge in [-0.25, -0.2) is 0 Å². The van der Waals surface area contributed by atoms with Crippen molar-refractivity contribution in [2.75, 3.05) is 10.6 Å². The molecule has 4 aromatic carbocycles. The lowest BCUT2D eigenvalue weighted by Crippen LogP contribution is -2.12. The van der Waals surface area contributed by atoms with Crippen LogP contribution in [0.15, 0.2) is 97.1 Å². The molecule has 164 valence electrons.